The molecule has 1 fully saturated rings. The third-order valence-electron chi connectivity index (χ3n) is 3.54. The average Bonchev–Trinajstić information content (AvgIpc) is 2.28. The zero-order valence-electron chi connectivity index (χ0n) is 12.1. The molecule has 0 aliphatic carbocycles. The standard InChI is InChI=1S/C14H28N2O2/c1-4-5-15(6-7-17)11-14(18)16-9-12(2)8-13(3)10-16/h12-13,17H,4-11H2,1-3H3. The van der Waals surface area contributed by atoms with Crippen molar-refractivity contribution in [2.75, 3.05) is 39.3 Å². The molecule has 1 rings (SSSR count). The minimum absolute atomic E-state index is 0.125. The molecule has 2 atom stereocenters. The van der Waals surface area contributed by atoms with Gasteiger partial charge in [-0.15, -0.1) is 0 Å². The summed E-state index contributed by atoms with van der Waals surface area (Å²) in [7, 11) is 0. The van der Waals surface area contributed by atoms with Crippen molar-refractivity contribution in [1.29, 1.82) is 0 Å². The second-order valence-electron chi connectivity index (χ2n) is 5.74. The Balaban J connectivity index is 2.46. The third-order valence-corrected chi connectivity index (χ3v) is 3.54. The molecular formula is C14H28N2O2. The molecule has 4 nitrogen and oxygen atoms in total. The number of carbonyl (C=O) groups excluding carboxylic acids is 1. The molecule has 0 radical (unpaired) electrons. The van der Waals surface area contributed by atoms with Crippen molar-refractivity contribution in [3.05, 3.63) is 0 Å². The zero-order chi connectivity index (χ0) is 13.5. The number of hydrogen-bond acceptors (Lipinski definition) is 3. The number of aliphatic hydroxyl groups is 1. The number of piperidine rings is 1. The van der Waals surface area contributed by atoms with E-state index in [1.54, 1.807) is 0 Å². The maximum atomic E-state index is 12.3. The van der Waals surface area contributed by atoms with Crippen molar-refractivity contribution in [3.63, 3.8) is 0 Å². The van der Waals surface area contributed by atoms with Gasteiger partial charge in [0.25, 0.3) is 0 Å². The van der Waals surface area contributed by atoms with Crippen molar-refractivity contribution in [2.45, 2.75) is 33.6 Å². The van der Waals surface area contributed by atoms with Crippen LogP contribution in [0.5, 0.6) is 0 Å². The normalized spacial score (nSPS) is 24.6. The minimum Gasteiger partial charge on any atom is -0.395 e. The van der Waals surface area contributed by atoms with E-state index >= 15 is 0 Å². The summed E-state index contributed by atoms with van der Waals surface area (Å²) in [4.78, 5) is 16.3. The van der Waals surface area contributed by atoms with Crippen LogP contribution in [0.3, 0.4) is 0 Å². The third kappa shape index (κ3) is 4.94. The Hall–Kier alpha value is -0.610. The summed E-state index contributed by atoms with van der Waals surface area (Å²) in [6.07, 6.45) is 2.24. The summed E-state index contributed by atoms with van der Waals surface area (Å²) < 4.78 is 0. The van der Waals surface area contributed by atoms with Gasteiger partial charge in [-0.3, -0.25) is 9.69 Å². The average molecular weight is 256 g/mol. The number of rotatable bonds is 6. The zero-order valence-corrected chi connectivity index (χ0v) is 12.1. The minimum atomic E-state index is 0.125. The number of aliphatic hydroxyl groups excluding tert-OH is 1. The first-order chi connectivity index (χ1) is 8.56. The van der Waals surface area contributed by atoms with Crippen molar-refractivity contribution >= 4 is 5.91 Å². The van der Waals surface area contributed by atoms with Crippen molar-refractivity contribution in [1.82, 2.24) is 9.80 Å². The van der Waals surface area contributed by atoms with Crippen LogP contribution in [0.4, 0.5) is 0 Å². The van der Waals surface area contributed by atoms with Gasteiger partial charge in [-0.2, -0.15) is 0 Å². The highest BCUT2D eigenvalue weighted by Crippen LogP contribution is 2.20. The van der Waals surface area contributed by atoms with Crippen molar-refractivity contribution < 1.29 is 9.90 Å². The quantitative estimate of drug-likeness (QED) is 0.776. The van der Waals surface area contributed by atoms with E-state index in [0.29, 0.717) is 24.9 Å². The second-order valence-corrected chi connectivity index (χ2v) is 5.74. The molecule has 0 saturated carbocycles. The lowest BCUT2D eigenvalue weighted by molar-refractivity contribution is -0.135. The van der Waals surface area contributed by atoms with Gasteiger partial charge in [-0.1, -0.05) is 20.8 Å². The van der Waals surface area contributed by atoms with E-state index in [2.05, 4.69) is 20.8 Å². The van der Waals surface area contributed by atoms with E-state index in [0.717, 1.165) is 26.1 Å². The number of likely N-dealkylation sites (tertiary alicyclic amines) is 1. The summed E-state index contributed by atoms with van der Waals surface area (Å²) in [5, 5.41) is 9.00. The summed E-state index contributed by atoms with van der Waals surface area (Å²) in [6.45, 7) is 10.4. The SMILES string of the molecule is CCCN(CCO)CC(=O)N1CC(C)CC(C)C1. The lowest BCUT2D eigenvalue weighted by Gasteiger charge is -2.36. The van der Waals surface area contributed by atoms with Gasteiger partial charge in [0.2, 0.25) is 5.91 Å². The molecule has 0 aromatic rings. The lowest BCUT2D eigenvalue weighted by atomic mass is 9.92. The number of carbonyl (C=O) groups is 1. The van der Waals surface area contributed by atoms with Crippen LogP contribution < -0.4 is 0 Å². The van der Waals surface area contributed by atoms with E-state index in [1.165, 1.54) is 6.42 Å². The molecule has 1 N–H and O–H groups in total. The van der Waals surface area contributed by atoms with Gasteiger partial charge in [0, 0.05) is 19.6 Å². The van der Waals surface area contributed by atoms with Crippen LogP contribution >= 0.6 is 0 Å². The van der Waals surface area contributed by atoms with Crippen LogP contribution in [-0.2, 0) is 4.79 Å². The molecule has 106 valence electrons. The summed E-state index contributed by atoms with van der Waals surface area (Å²) in [5.41, 5.74) is 0. The Bertz CT molecular complexity index is 242. The van der Waals surface area contributed by atoms with E-state index in [-0.39, 0.29) is 12.5 Å². The predicted octanol–water partition coefficient (Wildman–Crippen LogP) is 1.20. The van der Waals surface area contributed by atoms with Crippen LogP contribution in [0.1, 0.15) is 33.6 Å². The summed E-state index contributed by atoms with van der Waals surface area (Å²) in [5.74, 6) is 1.43. The van der Waals surface area contributed by atoms with Crippen molar-refractivity contribution in [2.24, 2.45) is 11.8 Å². The number of amides is 1. The van der Waals surface area contributed by atoms with Gasteiger partial charge in [0.1, 0.15) is 0 Å². The molecule has 1 amide bonds. The van der Waals surface area contributed by atoms with Gasteiger partial charge < -0.3 is 10.0 Å². The van der Waals surface area contributed by atoms with Crippen LogP contribution in [-0.4, -0.2) is 60.1 Å². The molecule has 1 aliphatic heterocycles. The van der Waals surface area contributed by atoms with E-state index in [1.807, 2.05) is 9.80 Å². The smallest absolute Gasteiger partial charge is 0.236 e. The fourth-order valence-electron chi connectivity index (χ4n) is 2.89. The first kappa shape index (κ1) is 15.4. The first-order valence-corrected chi connectivity index (χ1v) is 7.17. The largest absolute Gasteiger partial charge is 0.395 e. The molecule has 0 bridgehead atoms. The molecule has 18 heavy (non-hydrogen) atoms. The summed E-state index contributed by atoms with van der Waals surface area (Å²) >= 11 is 0. The van der Waals surface area contributed by atoms with Gasteiger partial charge in [-0.25, -0.2) is 0 Å². The van der Waals surface area contributed by atoms with Gasteiger partial charge in [0.15, 0.2) is 0 Å². The molecule has 1 saturated heterocycles. The van der Waals surface area contributed by atoms with Crippen LogP contribution in [0.15, 0.2) is 0 Å². The Morgan fingerprint density at radius 3 is 2.39 bits per heavy atom. The van der Waals surface area contributed by atoms with E-state index in [9.17, 15) is 4.79 Å². The molecular weight excluding hydrogens is 228 g/mol. The number of hydrogen-bond donors (Lipinski definition) is 1. The Labute approximate surface area is 111 Å². The van der Waals surface area contributed by atoms with Crippen LogP contribution in [0, 0.1) is 11.8 Å². The second kappa shape index (κ2) is 7.74. The molecule has 0 aromatic carbocycles. The molecule has 2 unspecified atom stereocenters. The highest BCUT2D eigenvalue weighted by atomic mass is 16.3. The molecule has 0 aromatic heterocycles. The van der Waals surface area contributed by atoms with Gasteiger partial charge in [0.05, 0.1) is 13.2 Å². The first-order valence-electron chi connectivity index (χ1n) is 7.17. The maximum absolute atomic E-state index is 12.3. The molecule has 0 spiro atoms. The Morgan fingerprint density at radius 1 is 1.28 bits per heavy atom. The van der Waals surface area contributed by atoms with Crippen LogP contribution in [0.25, 0.3) is 0 Å². The maximum Gasteiger partial charge on any atom is 0.236 e. The van der Waals surface area contributed by atoms with Crippen LogP contribution in [0.2, 0.25) is 0 Å². The molecule has 1 heterocycles. The highest BCUT2D eigenvalue weighted by molar-refractivity contribution is 5.78. The fourth-order valence-corrected chi connectivity index (χ4v) is 2.89. The lowest BCUT2D eigenvalue weighted by Crippen LogP contribution is -2.47. The Morgan fingerprint density at radius 2 is 1.89 bits per heavy atom. The Kier molecular flexibility index (Phi) is 6.65. The van der Waals surface area contributed by atoms with E-state index in [4.69, 9.17) is 5.11 Å². The molecule has 1 aliphatic rings. The summed E-state index contributed by atoms with van der Waals surface area (Å²) in [6, 6.07) is 0. The van der Waals surface area contributed by atoms with Crippen molar-refractivity contribution in [3.8, 4) is 0 Å². The van der Waals surface area contributed by atoms with Gasteiger partial charge in [-0.05, 0) is 31.2 Å². The predicted molar refractivity (Wildman–Crippen MR) is 73.3 cm³/mol. The fraction of sp³-hybridized carbons (Fsp3) is 0.929. The highest BCUT2D eigenvalue weighted by Gasteiger charge is 2.26. The van der Waals surface area contributed by atoms with Gasteiger partial charge >= 0.3 is 0 Å². The topological polar surface area (TPSA) is 43.8 Å². The molecule has 4 heteroatoms. The monoisotopic (exact) mass is 256 g/mol. The number of nitrogens with zero attached hydrogens (tertiary/aromatic N) is 2. The van der Waals surface area contributed by atoms with E-state index < -0.39 is 0 Å².